The summed E-state index contributed by atoms with van der Waals surface area (Å²) in [6.45, 7) is 2.11. The van der Waals surface area contributed by atoms with Gasteiger partial charge in [-0.25, -0.2) is 8.78 Å². The van der Waals surface area contributed by atoms with E-state index < -0.39 is 18.9 Å². The Morgan fingerprint density at radius 3 is 2.36 bits per heavy atom. The van der Waals surface area contributed by atoms with Crippen LogP contribution < -0.4 is 5.32 Å². The lowest BCUT2D eigenvalue weighted by atomic mass is 9.89. The largest absolute Gasteiger partial charge is 0.380 e. The lowest BCUT2D eigenvalue weighted by Crippen LogP contribution is -2.50. The van der Waals surface area contributed by atoms with E-state index in [9.17, 15) is 17.6 Å². The highest BCUT2D eigenvalue weighted by atomic mass is 19.3. The quantitative estimate of drug-likeness (QED) is 0.702. The van der Waals surface area contributed by atoms with Crippen molar-refractivity contribution in [2.45, 2.75) is 19.3 Å². The van der Waals surface area contributed by atoms with Crippen molar-refractivity contribution in [3.8, 4) is 0 Å². The van der Waals surface area contributed by atoms with E-state index in [1.807, 2.05) is 6.92 Å². The van der Waals surface area contributed by atoms with Gasteiger partial charge >= 0.3 is 12.3 Å². The Labute approximate surface area is 79.6 Å². The number of alkyl halides is 4. The van der Waals surface area contributed by atoms with Crippen molar-refractivity contribution >= 4 is 0 Å². The van der Waals surface area contributed by atoms with Gasteiger partial charge in [-0.2, -0.15) is 8.78 Å². The first-order valence-corrected chi connectivity index (χ1v) is 4.30. The fourth-order valence-electron chi connectivity index (χ4n) is 1.16. The number of ether oxygens (including phenoxy) is 1. The minimum atomic E-state index is -3.94. The molecule has 0 aliphatic carbocycles. The molecule has 0 spiro atoms. The highest BCUT2D eigenvalue weighted by Gasteiger charge is 2.41. The third-order valence-corrected chi connectivity index (χ3v) is 2.13. The van der Waals surface area contributed by atoms with E-state index in [0.29, 0.717) is 13.2 Å². The molecule has 0 aromatic heterocycles. The molecule has 1 heterocycles. The van der Waals surface area contributed by atoms with Crippen LogP contribution >= 0.6 is 0 Å². The molecule has 0 atom stereocenters. The molecule has 1 N–H and O–H groups in total. The van der Waals surface area contributed by atoms with Crippen molar-refractivity contribution in [3.05, 3.63) is 0 Å². The molecule has 6 heteroatoms. The van der Waals surface area contributed by atoms with Crippen LogP contribution in [0.2, 0.25) is 0 Å². The number of hydrogen-bond donors (Lipinski definition) is 1. The molecule has 14 heavy (non-hydrogen) atoms. The number of nitrogens with one attached hydrogen (secondary N) is 1. The highest BCUT2D eigenvalue weighted by Crippen LogP contribution is 2.26. The molecule has 1 fully saturated rings. The van der Waals surface area contributed by atoms with Crippen molar-refractivity contribution in [1.82, 2.24) is 5.32 Å². The zero-order valence-electron chi connectivity index (χ0n) is 7.83. The first-order valence-electron chi connectivity index (χ1n) is 4.30. The molecule has 0 radical (unpaired) electrons. The lowest BCUT2D eigenvalue weighted by molar-refractivity contribution is -0.132. The maximum Gasteiger partial charge on any atom is 0.319 e. The van der Waals surface area contributed by atoms with Crippen molar-refractivity contribution in [2.75, 3.05) is 26.3 Å². The Hall–Kier alpha value is -0.360. The predicted octanol–water partition coefficient (Wildman–Crippen LogP) is 1.51. The summed E-state index contributed by atoms with van der Waals surface area (Å²) in [5.41, 5.74) is -0.182. The van der Waals surface area contributed by atoms with E-state index in [1.165, 1.54) is 0 Å². The van der Waals surface area contributed by atoms with Crippen LogP contribution in [-0.2, 0) is 4.74 Å². The van der Waals surface area contributed by atoms with E-state index in [1.54, 1.807) is 0 Å². The number of hydrogen-bond acceptors (Lipinski definition) is 2. The number of halogens is 4. The smallest absolute Gasteiger partial charge is 0.319 e. The highest BCUT2D eigenvalue weighted by molar-refractivity contribution is 4.84. The molecular weight excluding hydrogens is 202 g/mol. The maximum atomic E-state index is 12.4. The summed E-state index contributed by atoms with van der Waals surface area (Å²) in [6.07, 6.45) is -3.61. The van der Waals surface area contributed by atoms with Gasteiger partial charge < -0.3 is 10.1 Å². The van der Waals surface area contributed by atoms with Gasteiger partial charge in [-0.05, 0) is 0 Å². The van der Waals surface area contributed by atoms with Gasteiger partial charge in [-0.1, -0.05) is 6.92 Å². The van der Waals surface area contributed by atoms with Gasteiger partial charge in [0, 0.05) is 12.0 Å². The minimum Gasteiger partial charge on any atom is -0.380 e. The first-order chi connectivity index (χ1) is 6.36. The second kappa shape index (κ2) is 4.02. The standard InChI is InChI=1S/C8H13F4NO/c1-7(4-14-5-7)2-13-3-8(11,12)6(9)10/h6,13H,2-5H2,1H3. The van der Waals surface area contributed by atoms with Gasteiger partial charge in [0.1, 0.15) is 0 Å². The third-order valence-electron chi connectivity index (χ3n) is 2.13. The second-order valence-electron chi connectivity index (χ2n) is 3.97. The van der Waals surface area contributed by atoms with Crippen LogP contribution in [0.15, 0.2) is 0 Å². The molecule has 84 valence electrons. The summed E-state index contributed by atoms with van der Waals surface area (Å²) >= 11 is 0. The molecule has 1 saturated heterocycles. The molecule has 1 aliphatic heterocycles. The van der Waals surface area contributed by atoms with Gasteiger partial charge in [0.2, 0.25) is 0 Å². The van der Waals surface area contributed by atoms with Crippen LogP contribution in [0.3, 0.4) is 0 Å². The van der Waals surface area contributed by atoms with Crippen molar-refractivity contribution in [2.24, 2.45) is 5.41 Å². The third kappa shape index (κ3) is 2.81. The van der Waals surface area contributed by atoms with E-state index in [0.717, 1.165) is 0 Å². The molecule has 0 saturated carbocycles. The number of rotatable bonds is 5. The summed E-state index contributed by atoms with van der Waals surface area (Å²) in [4.78, 5) is 0. The molecule has 0 aromatic carbocycles. The Balaban J connectivity index is 2.20. The van der Waals surface area contributed by atoms with Crippen LogP contribution in [0.4, 0.5) is 17.6 Å². The SMILES string of the molecule is CC1(CNCC(F)(F)C(F)F)COC1. The van der Waals surface area contributed by atoms with Gasteiger partial charge in [0.05, 0.1) is 19.8 Å². The van der Waals surface area contributed by atoms with Gasteiger partial charge in [0.25, 0.3) is 0 Å². The molecule has 0 bridgehead atoms. The Kier molecular flexibility index (Phi) is 3.36. The molecule has 1 aliphatic rings. The summed E-state index contributed by atoms with van der Waals surface area (Å²) in [6, 6.07) is 0. The van der Waals surface area contributed by atoms with Gasteiger partial charge in [-0.15, -0.1) is 0 Å². The van der Waals surface area contributed by atoms with Crippen LogP contribution in [0, 0.1) is 5.41 Å². The van der Waals surface area contributed by atoms with E-state index in [-0.39, 0.29) is 12.0 Å². The lowest BCUT2D eigenvalue weighted by Gasteiger charge is -2.38. The van der Waals surface area contributed by atoms with Crippen molar-refractivity contribution in [3.63, 3.8) is 0 Å². The molecule has 0 aromatic rings. The average Bonchev–Trinajstić information content (AvgIpc) is 2.00. The van der Waals surface area contributed by atoms with Gasteiger partial charge in [0.15, 0.2) is 0 Å². The Morgan fingerprint density at radius 2 is 2.00 bits per heavy atom. The fraction of sp³-hybridized carbons (Fsp3) is 1.00. The molecule has 0 unspecified atom stereocenters. The van der Waals surface area contributed by atoms with E-state index in [2.05, 4.69) is 5.32 Å². The summed E-state index contributed by atoms with van der Waals surface area (Å²) in [5, 5.41) is 2.34. The van der Waals surface area contributed by atoms with Crippen molar-refractivity contribution < 1.29 is 22.3 Å². The zero-order valence-corrected chi connectivity index (χ0v) is 7.83. The van der Waals surface area contributed by atoms with Crippen molar-refractivity contribution in [1.29, 1.82) is 0 Å². The van der Waals surface area contributed by atoms with E-state index >= 15 is 0 Å². The average molecular weight is 215 g/mol. The zero-order chi connectivity index (χ0) is 10.8. The Morgan fingerprint density at radius 1 is 1.43 bits per heavy atom. The normalized spacial score (nSPS) is 21.0. The minimum absolute atomic E-state index is 0.182. The second-order valence-corrected chi connectivity index (χ2v) is 3.97. The predicted molar refractivity (Wildman–Crippen MR) is 42.7 cm³/mol. The summed E-state index contributed by atoms with van der Waals surface area (Å²) in [5.74, 6) is -3.94. The summed E-state index contributed by atoms with van der Waals surface area (Å²) in [7, 11) is 0. The van der Waals surface area contributed by atoms with E-state index in [4.69, 9.17) is 4.74 Å². The fourth-order valence-corrected chi connectivity index (χ4v) is 1.16. The van der Waals surface area contributed by atoms with Crippen LogP contribution in [0.5, 0.6) is 0 Å². The Bertz CT molecular complexity index is 194. The van der Waals surface area contributed by atoms with Crippen LogP contribution in [0.25, 0.3) is 0 Å². The molecular formula is C8H13F4NO. The van der Waals surface area contributed by atoms with Gasteiger partial charge in [-0.3, -0.25) is 0 Å². The monoisotopic (exact) mass is 215 g/mol. The van der Waals surface area contributed by atoms with Crippen LogP contribution in [0.1, 0.15) is 6.92 Å². The summed E-state index contributed by atoms with van der Waals surface area (Å²) < 4.78 is 53.1. The van der Waals surface area contributed by atoms with Crippen LogP contribution in [-0.4, -0.2) is 38.7 Å². The topological polar surface area (TPSA) is 21.3 Å². The molecule has 2 nitrogen and oxygen atoms in total. The maximum absolute atomic E-state index is 12.4. The first kappa shape index (κ1) is 11.7. The molecule has 1 rings (SSSR count). The molecule has 0 amide bonds.